The number of hydrazone groups is 1. The molecule has 1 aromatic heterocycles. The third-order valence-corrected chi connectivity index (χ3v) is 4.01. The topological polar surface area (TPSA) is 50.2 Å². The number of fused-ring (bicyclic) bond motifs is 2. The molecule has 0 atom stereocenters. The summed E-state index contributed by atoms with van der Waals surface area (Å²) in [4.78, 5) is 9.19. The first-order valence-electron chi connectivity index (χ1n) is 6.24. The number of benzene rings is 2. The van der Waals surface area contributed by atoms with Crippen molar-refractivity contribution in [2.24, 2.45) is 5.10 Å². The van der Waals surface area contributed by atoms with Crippen LogP contribution >= 0.6 is 11.8 Å². The van der Waals surface area contributed by atoms with Crippen LogP contribution in [0.5, 0.6) is 0 Å². The highest BCUT2D eigenvalue weighted by molar-refractivity contribution is 8.14. The van der Waals surface area contributed by atoms with Gasteiger partial charge in [-0.1, -0.05) is 42.5 Å². The molecule has 0 saturated heterocycles. The summed E-state index contributed by atoms with van der Waals surface area (Å²) in [6.45, 7) is 0. The number of rotatable bonds is 1. The number of hydrogen-bond donors (Lipinski definition) is 1. The van der Waals surface area contributed by atoms with Gasteiger partial charge in [0.25, 0.3) is 0 Å². The molecule has 0 aliphatic carbocycles. The van der Waals surface area contributed by atoms with Crippen LogP contribution in [0.2, 0.25) is 0 Å². The van der Waals surface area contributed by atoms with E-state index in [0.717, 1.165) is 26.7 Å². The second-order valence-electron chi connectivity index (χ2n) is 4.36. The van der Waals surface area contributed by atoms with Gasteiger partial charge < -0.3 is 0 Å². The second-order valence-corrected chi connectivity index (χ2v) is 5.34. The van der Waals surface area contributed by atoms with Crippen LogP contribution in [0.15, 0.2) is 64.7 Å². The third kappa shape index (κ3) is 1.92. The lowest BCUT2D eigenvalue weighted by Gasteiger charge is -2.15. The smallest absolute Gasteiger partial charge is 0.180 e. The molecular formula is C15H10N4S. The lowest BCUT2D eigenvalue weighted by molar-refractivity contribution is 1.09. The van der Waals surface area contributed by atoms with E-state index < -0.39 is 0 Å². The van der Waals surface area contributed by atoms with E-state index in [2.05, 4.69) is 20.5 Å². The van der Waals surface area contributed by atoms with Crippen molar-refractivity contribution < 1.29 is 0 Å². The first-order valence-corrected chi connectivity index (χ1v) is 7.05. The zero-order valence-electron chi connectivity index (χ0n) is 10.4. The lowest BCUT2D eigenvalue weighted by Crippen LogP contribution is -2.09. The van der Waals surface area contributed by atoms with Gasteiger partial charge in [-0.3, -0.25) is 5.43 Å². The van der Waals surface area contributed by atoms with Crippen molar-refractivity contribution in [1.29, 1.82) is 0 Å². The van der Waals surface area contributed by atoms with Crippen LogP contribution < -0.4 is 5.43 Å². The summed E-state index contributed by atoms with van der Waals surface area (Å²) in [5.74, 6) is 0.716. The second kappa shape index (κ2) is 4.61. The molecule has 4 rings (SSSR count). The van der Waals surface area contributed by atoms with E-state index in [1.165, 1.54) is 11.8 Å². The van der Waals surface area contributed by atoms with Gasteiger partial charge >= 0.3 is 0 Å². The van der Waals surface area contributed by atoms with E-state index in [0.29, 0.717) is 5.82 Å². The molecule has 20 heavy (non-hydrogen) atoms. The largest absolute Gasteiger partial charge is 0.258 e. The first-order chi connectivity index (χ1) is 9.90. The summed E-state index contributed by atoms with van der Waals surface area (Å²) >= 11 is 1.54. The van der Waals surface area contributed by atoms with Crippen molar-refractivity contribution in [3.8, 4) is 0 Å². The highest BCUT2D eigenvalue weighted by atomic mass is 32.2. The maximum absolute atomic E-state index is 4.65. The summed E-state index contributed by atoms with van der Waals surface area (Å²) in [5.41, 5.74) is 5.84. The minimum Gasteiger partial charge on any atom is -0.258 e. The predicted molar refractivity (Wildman–Crippen MR) is 82.0 cm³/mol. The molecule has 0 unspecified atom stereocenters. The highest BCUT2D eigenvalue weighted by Crippen LogP contribution is 2.32. The van der Waals surface area contributed by atoms with Crippen molar-refractivity contribution in [3.05, 3.63) is 60.2 Å². The summed E-state index contributed by atoms with van der Waals surface area (Å²) in [5, 5.41) is 6.14. The minimum absolute atomic E-state index is 0.716. The van der Waals surface area contributed by atoms with E-state index >= 15 is 0 Å². The van der Waals surface area contributed by atoms with Crippen LogP contribution in [0.3, 0.4) is 0 Å². The molecule has 0 saturated carbocycles. The number of thioether (sulfide) groups is 1. The predicted octanol–water partition coefficient (Wildman–Crippen LogP) is 3.51. The Morgan fingerprint density at radius 3 is 2.30 bits per heavy atom. The molecule has 0 fully saturated rings. The monoisotopic (exact) mass is 278 g/mol. The molecule has 0 radical (unpaired) electrons. The van der Waals surface area contributed by atoms with Gasteiger partial charge in [0.15, 0.2) is 5.82 Å². The molecule has 0 bridgehead atoms. The van der Waals surface area contributed by atoms with E-state index in [1.807, 2.05) is 54.6 Å². The van der Waals surface area contributed by atoms with Crippen LogP contribution in [-0.2, 0) is 0 Å². The molecule has 2 aromatic carbocycles. The maximum Gasteiger partial charge on any atom is 0.180 e. The van der Waals surface area contributed by atoms with Crippen LogP contribution in [-0.4, -0.2) is 15.0 Å². The fourth-order valence-corrected chi connectivity index (χ4v) is 2.91. The molecule has 1 aliphatic heterocycles. The Morgan fingerprint density at radius 2 is 1.50 bits per heavy atom. The van der Waals surface area contributed by atoms with Gasteiger partial charge in [-0.2, -0.15) is 5.10 Å². The Balaban J connectivity index is 1.78. The Bertz CT molecular complexity index is 814. The molecule has 96 valence electrons. The number of aromatic nitrogens is 2. The summed E-state index contributed by atoms with van der Waals surface area (Å²) in [6.07, 6.45) is 0. The van der Waals surface area contributed by atoms with Crippen LogP contribution in [0.25, 0.3) is 11.0 Å². The average molecular weight is 278 g/mol. The van der Waals surface area contributed by atoms with Crippen molar-refractivity contribution in [2.45, 2.75) is 5.03 Å². The van der Waals surface area contributed by atoms with Gasteiger partial charge in [-0.15, -0.1) is 0 Å². The van der Waals surface area contributed by atoms with E-state index in [1.54, 1.807) is 0 Å². The number of nitrogens with one attached hydrogen (secondary N) is 1. The number of anilines is 1. The van der Waals surface area contributed by atoms with Gasteiger partial charge in [0.1, 0.15) is 10.1 Å². The standard InChI is InChI=1S/C15H10N4S/c1-2-6-10(7-3-1)14-19-18-13-15(20-14)17-12-9-5-4-8-11(12)16-13/h1-9H,(H,16,18). The van der Waals surface area contributed by atoms with Crippen LogP contribution in [0.4, 0.5) is 5.82 Å². The maximum atomic E-state index is 4.65. The van der Waals surface area contributed by atoms with E-state index in [4.69, 9.17) is 0 Å². The molecule has 4 nitrogen and oxygen atoms in total. The summed E-state index contributed by atoms with van der Waals surface area (Å²) in [7, 11) is 0. The fraction of sp³-hybridized carbons (Fsp3) is 0. The van der Waals surface area contributed by atoms with Gasteiger partial charge in [0, 0.05) is 5.56 Å². The zero-order valence-corrected chi connectivity index (χ0v) is 11.3. The van der Waals surface area contributed by atoms with Crippen molar-refractivity contribution >= 4 is 33.7 Å². The molecule has 0 amide bonds. The molecule has 1 aliphatic rings. The number of para-hydroxylation sites is 2. The Labute approximate surface area is 120 Å². The lowest BCUT2D eigenvalue weighted by atomic mass is 10.2. The van der Waals surface area contributed by atoms with Crippen molar-refractivity contribution in [2.75, 3.05) is 5.43 Å². The van der Waals surface area contributed by atoms with Crippen molar-refractivity contribution in [1.82, 2.24) is 9.97 Å². The van der Waals surface area contributed by atoms with E-state index in [9.17, 15) is 0 Å². The van der Waals surface area contributed by atoms with Gasteiger partial charge in [-0.25, -0.2) is 9.97 Å². The summed E-state index contributed by atoms with van der Waals surface area (Å²) < 4.78 is 0. The molecule has 2 heterocycles. The van der Waals surface area contributed by atoms with Gasteiger partial charge in [0.05, 0.1) is 11.0 Å². The van der Waals surface area contributed by atoms with Crippen molar-refractivity contribution in [3.63, 3.8) is 0 Å². The quantitative estimate of drug-likeness (QED) is 0.740. The zero-order chi connectivity index (χ0) is 13.4. The first kappa shape index (κ1) is 11.4. The minimum atomic E-state index is 0.716. The normalized spacial score (nSPS) is 13.5. The molecule has 3 aromatic rings. The SMILES string of the molecule is c1ccc(C2=NNc3nc4ccccc4nc3S2)cc1. The summed E-state index contributed by atoms with van der Waals surface area (Å²) in [6, 6.07) is 17.9. The van der Waals surface area contributed by atoms with Crippen LogP contribution in [0.1, 0.15) is 5.56 Å². The number of hydrogen-bond acceptors (Lipinski definition) is 5. The average Bonchev–Trinajstić information content (AvgIpc) is 2.53. The Hall–Kier alpha value is -2.40. The van der Waals surface area contributed by atoms with Crippen LogP contribution in [0, 0.1) is 0 Å². The number of nitrogens with zero attached hydrogens (tertiary/aromatic N) is 3. The highest BCUT2D eigenvalue weighted by Gasteiger charge is 2.18. The Morgan fingerprint density at radius 1 is 0.800 bits per heavy atom. The fourth-order valence-electron chi connectivity index (χ4n) is 2.05. The van der Waals surface area contributed by atoms with E-state index in [-0.39, 0.29) is 0 Å². The molecular weight excluding hydrogens is 268 g/mol. The van der Waals surface area contributed by atoms with Gasteiger partial charge in [0.2, 0.25) is 0 Å². The molecule has 1 N–H and O–H groups in total. The molecule has 0 spiro atoms. The third-order valence-electron chi connectivity index (χ3n) is 3.02. The van der Waals surface area contributed by atoms with Gasteiger partial charge in [-0.05, 0) is 23.9 Å². The Kier molecular flexibility index (Phi) is 2.63. The molecule has 5 heteroatoms.